The molecule has 1 aromatic carbocycles. The highest BCUT2D eigenvalue weighted by Gasteiger charge is 2.30. The number of fused-ring (bicyclic) bond motifs is 1. The number of pyridine rings is 1. The van der Waals surface area contributed by atoms with Gasteiger partial charge in [-0.1, -0.05) is 18.2 Å². The molecule has 0 saturated carbocycles. The average molecular weight is 343 g/mol. The number of rotatable bonds is 5. The molecule has 0 saturated heterocycles. The van der Waals surface area contributed by atoms with Crippen molar-refractivity contribution in [3.63, 3.8) is 0 Å². The number of hydrogen-bond donors (Lipinski definition) is 2. The molecule has 24 heavy (non-hydrogen) atoms. The Kier molecular flexibility index (Phi) is 5.02. The summed E-state index contributed by atoms with van der Waals surface area (Å²) in [5.41, 5.74) is 1.22. The van der Waals surface area contributed by atoms with Gasteiger partial charge in [-0.15, -0.1) is 0 Å². The van der Waals surface area contributed by atoms with Crippen molar-refractivity contribution in [2.24, 2.45) is 0 Å². The molecule has 7 heteroatoms. The molecule has 0 aliphatic carbocycles. The highest BCUT2D eigenvalue weighted by atomic mass is 32.2. The van der Waals surface area contributed by atoms with E-state index in [2.05, 4.69) is 10.3 Å². The van der Waals surface area contributed by atoms with Gasteiger partial charge in [-0.2, -0.15) is 0 Å². The molecule has 2 heterocycles. The number of hydrogen-bond acceptors (Lipinski definition) is 6. The normalized spacial score (nSPS) is 13.5. The van der Waals surface area contributed by atoms with Crippen molar-refractivity contribution in [3.05, 3.63) is 59.9 Å². The fraction of sp³-hybridized carbons (Fsp3) is 0.176. The molecule has 1 aliphatic rings. The zero-order valence-electron chi connectivity index (χ0n) is 13.1. The Morgan fingerprint density at radius 3 is 2.83 bits per heavy atom. The summed E-state index contributed by atoms with van der Waals surface area (Å²) in [6.07, 6.45) is 1.61. The molecular formula is C17H17N3O3S. The van der Waals surface area contributed by atoms with E-state index in [0.717, 1.165) is 10.5 Å². The maximum Gasteiger partial charge on any atom is 0.277 e. The molecule has 1 aliphatic heterocycles. The van der Waals surface area contributed by atoms with Crippen molar-refractivity contribution in [2.75, 3.05) is 25.6 Å². The van der Waals surface area contributed by atoms with Crippen LogP contribution in [0, 0.1) is 0 Å². The second-order valence-electron chi connectivity index (χ2n) is 5.00. The van der Waals surface area contributed by atoms with Gasteiger partial charge >= 0.3 is 0 Å². The van der Waals surface area contributed by atoms with Crippen molar-refractivity contribution in [1.82, 2.24) is 9.29 Å². The van der Waals surface area contributed by atoms with Crippen LogP contribution in [0.1, 0.15) is 5.56 Å². The van der Waals surface area contributed by atoms with Crippen molar-refractivity contribution < 1.29 is 14.6 Å². The summed E-state index contributed by atoms with van der Waals surface area (Å²) >= 11 is 1.45. The number of aromatic nitrogens is 1. The summed E-state index contributed by atoms with van der Waals surface area (Å²) in [5, 5.41) is 11.9. The minimum atomic E-state index is -0.314. The fourth-order valence-corrected chi connectivity index (χ4v) is 3.30. The average Bonchev–Trinajstić information content (AvgIpc) is 2.60. The van der Waals surface area contributed by atoms with Gasteiger partial charge in [0.15, 0.2) is 11.5 Å². The third-order valence-electron chi connectivity index (χ3n) is 3.36. The molecule has 2 N–H and O–H groups in total. The standard InChI is InChI=1S/C17H17N3O3S/c1-20-15(17(22)19-14-8-4-5-9-18-14)16(23-11-10-21)12-6-2-3-7-13(12)24-20/h2-9,21H,10-11H2,1H3,(H,18,19,22). The summed E-state index contributed by atoms with van der Waals surface area (Å²) in [7, 11) is 1.80. The number of aliphatic hydroxyl groups is 1. The maximum absolute atomic E-state index is 12.8. The first kappa shape index (κ1) is 16.4. The van der Waals surface area contributed by atoms with Gasteiger partial charge in [-0.05, 0) is 36.2 Å². The third kappa shape index (κ3) is 3.37. The highest BCUT2D eigenvalue weighted by molar-refractivity contribution is 7.97. The molecule has 0 spiro atoms. The van der Waals surface area contributed by atoms with E-state index in [0.29, 0.717) is 17.3 Å². The van der Waals surface area contributed by atoms with Gasteiger partial charge < -0.3 is 19.5 Å². The number of carbonyl (C=O) groups is 1. The summed E-state index contributed by atoms with van der Waals surface area (Å²) in [6.45, 7) is -0.0137. The number of benzene rings is 1. The zero-order chi connectivity index (χ0) is 16.9. The number of carbonyl (C=O) groups excluding carboxylic acids is 1. The molecule has 0 atom stereocenters. The molecular weight excluding hydrogens is 326 g/mol. The largest absolute Gasteiger partial charge is 0.488 e. The SMILES string of the molecule is CN1Sc2ccccc2C(OCCO)=C1C(=O)Nc1ccccn1. The molecule has 1 amide bonds. The summed E-state index contributed by atoms with van der Waals surface area (Å²) in [4.78, 5) is 17.9. The molecule has 6 nitrogen and oxygen atoms in total. The number of ether oxygens (including phenoxy) is 1. The Hall–Kier alpha value is -2.51. The van der Waals surface area contributed by atoms with Crippen LogP contribution in [0.25, 0.3) is 5.76 Å². The van der Waals surface area contributed by atoms with Gasteiger partial charge in [0.05, 0.1) is 6.61 Å². The molecule has 0 radical (unpaired) electrons. The van der Waals surface area contributed by atoms with Crippen LogP contribution in [0.3, 0.4) is 0 Å². The van der Waals surface area contributed by atoms with E-state index < -0.39 is 0 Å². The first-order valence-corrected chi connectivity index (χ1v) is 8.19. The van der Waals surface area contributed by atoms with Gasteiger partial charge in [0.2, 0.25) is 0 Å². The van der Waals surface area contributed by atoms with Crippen molar-refractivity contribution in [2.45, 2.75) is 4.90 Å². The lowest BCUT2D eigenvalue weighted by molar-refractivity contribution is -0.113. The van der Waals surface area contributed by atoms with Gasteiger partial charge in [-0.25, -0.2) is 4.98 Å². The number of amides is 1. The molecule has 1 aromatic heterocycles. The Balaban J connectivity index is 1.99. The van der Waals surface area contributed by atoms with E-state index in [1.54, 1.807) is 35.7 Å². The van der Waals surface area contributed by atoms with Crippen LogP contribution in [-0.2, 0) is 9.53 Å². The number of nitrogens with one attached hydrogen (secondary N) is 1. The summed E-state index contributed by atoms with van der Waals surface area (Å²) < 4.78 is 7.45. The zero-order valence-corrected chi connectivity index (χ0v) is 13.9. The van der Waals surface area contributed by atoms with Crippen molar-refractivity contribution in [3.8, 4) is 0 Å². The van der Waals surface area contributed by atoms with Gasteiger partial charge in [-0.3, -0.25) is 4.79 Å². The van der Waals surface area contributed by atoms with Crippen LogP contribution in [-0.4, -0.2) is 40.6 Å². The molecule has 0 unspecified atom stereocenters. The molecule has 0 bridgehead atoms. The second kappa shape index (κ2) is 7.37. The Morgan fingerprint density at radius 2 is 2.08 bits per heavy atom. The molecule has 124 valence electrons. The Labute approximate surface area is 144 Å². The third-order valence-corrected chi connectivity index (χ3v) is 4.37. The lowest BCUT2D eigenvalue weighted by Gasteiger charge is -2.29. The van der Waals surface area contributed by atoms with Crippen molar-refractivity contribution >= 4 is 29.4 Å². The van der Waals surface area contributed by atoms with Gasteiger partial charge in [0, 0.05) is 23.7 Å². The number of anilines is 1. The number of aliphatic hydroxyl groups excluding tert-OH is 1. The first-order valence-electron chi connectivity index (χ1n) is 7.42. The molecule has 2 aromatic rings. The van der Waals surface area contributed by atoms with Gasteiger partial charge in [0.1, 0.15) is 12.4 Å². The Bertz CT molecular complexity index is 765. The van der Waals surface area contributed by atoms with E-state index >= 15 is 0 Å². The highest BCUT2D eigenvalue weighted by Crippen LogP contribution is 2.40. The summed E-state index contributed by atoms with van der Waals surface area (Å²) in [5.74, 6) is 0.606. The van der Waals surface area contributed by atoms with Crippen molar-refractivity contribution in [1.29, 1.82) is 0 Å². The Morgan fingerprint density at radius 1 is 1.29 bits per heavy atom. The van der Waals surface area contributed by atoms with Gasteiger partial charge in [0.25, 0.3) is 5.91 Å². The van der Waals surface area contributed by atoms with Crippen LogP contribution < -0.4 is 5.32 Å². The monoisotopic (exact) mass is 343 g/mol. The van der Waals surface area contributed by atoms with Crippen LogP contribution in [0.5, 0.6) is 0 Å². The quantitative estimate of drug-likeness (QED) is 0.812. The minimum Gasteiger partial charge on any atom is -0.488 e. The predicted molar refractivity (Wildman–Crippen MR) is 92.9 cm³/mol. The lowest BCUT2D eigenvalue weighted by Crippen LogP contribution is -2.28. The fourth-order valence-electron chi connectivity index (χ4n) is 2.35. The van der Waals surface area contributed by atoms with E-state index in [1.165, 1.54) is 11.9 Å². The molecule has 0 fully saturated rings. The smallest absolute Gasteiger partial charge is 0.277 e. The van der Waals surface area contributed by atoms with E-state index in [9.17, 15) is 4.79 Å². The van der Waals surface area contributed by atoms with Crippen LogP contribution >= 0.6 is 11.9 Å². The van der Waals surface area contributed by atoms with Crippen LogP contribution in [0.2, 0.25) is 0 Å². The molecule has 3 rings (SSSR count). The minimum absolute atomic E-state index is 0.114. The summed E-state index contributed by atoms with van der Waals surface area (Å²) in [6, 6.07) is 13.0. The van der Waals surface area contributed by atoms with Crippen LogP contribution in [0.4, 0.5) is 5.82 Å². The number of nitrogens with zero attached hydrogens (tertiary/aromatic N) is 2. The maximum atomic E-state index is 12.8. The number of likely N-dealkylation sites (N-methyl/N-ethyl adjacent to an activating group) is 1. The topological polar surface area (TPSA) is 74.7 Å². The first-order chi connectivity index (χ1) is 11.7. The predicted octanol–water partition coefficient (Wildman–Crippen LogP) is 2.35. The van der Waals surface area contributed by atoms with E-state index in [4.69, 9.17) is 9.84 Å². The van der Waals surface area contributed by atoms with E-state index in [-0.39, 0.29) is 19.1 Å². The van der Waals surface area contributed by atoms with E-state index in [1.807, 2.05) is 24.3 Å². The van der Waals surface area contributed by atoms with Crippen LogP contribution in [0.15, 0.2) is 59.3 Å². The second-order valence-corrected chi connectivity index (χ2v) is 6.17. The lowest BCUT2D eigenvalue weighted by atomic mass is 10.1.